The van der Waals surface area contributed by atoms with Gasteiger partial charge in [-0.1, -0.05) is 0 Å². The molecule has 0 unspecified atom stereocenters. The van der Waals surface area contributed by atoms with Gasteiger partial charge in [-0.25, -0.2) is 0 Å². The number of hydrogen-bond donors (Lipinski definition) is 1. The zero-order chi connectivity index (χ0) is 4.41. The predicted octanol–water partition coefficient (Wildman–Crippen LogP) is -0.142. The van der Waals surface area contributed by atoms with Crippen molar-refractivity contribution in [3.8, 4) is 0 Å². The minimum absolute atomic E-state index is 0.144. The maximum absolute atomic E-state index is 5.32. The molecule has 1 aliphatic heterocycles. The van der Waals surface area contributed by atoms with Gasteiger partial charge in [0.05, 0.1) is 12.3 Å². The molecule has 0 spiro atoms. The van der Waals surface area contributed by atoms with Gasteiger partial charge in [-0.2, -0.15) is 0 Å². The van der Waals surface area contributed by atoms with Gasteiger partial charge in [-0.15, -0.1) is 0 Å². The molecular weight excluding hydrogens is 78.0 g/mol. The minimum Gasteiger partial charge on any atom is -0.500 e. The molecule has 0 aromatic heterocycles. The van der Waals surface area contributed by atoms with E-state index in [0.717, 1.165) is 0 Å². The van der Waals surface area contributed by atoms with Crippen LogP contribution in [0.2, 0.25) is 0 Å². The van der Waals surface area contributed by atoms with Crippen LogP contribution in [0.3, 0.4) is 0 Å². The molecular formula is C4H7NO. The highest BCUT2D eigenvalue weighted by molar-refractivity contribution is 4.91. The molecule has 6 heavy (non-hydrogen) atoms. The summed E-state index contributed by atoms with van der Waals surface area (Å²) < 4.78 is 4.75. The summed E-state index contributed by atoms with van der Waals surface area (Å²) in [6.07, 6.45) is 3.46. The first kappa shape index (κ1) is 3.68. The lowest BCUT2D eigenvalue weighted by Gasteiger charge is -1.91. The van der Waals surface area contributed by atoms with Gasteiger partial charge in [0.25, 0.3) is 0 Å². The molecule has 34 valence electrons. The number of ether oxygens (including phenoxy) is 1. The van der Waals surface area contributed by atoms with E-state index in [1.54, 1.807) is 6.26 Å². The normalized spacial score (nSPS) is 30.5. The van der Waals surface area contributed by atoms with Gasteiger partial charge in [0.15, 0.2) is 0 Å². The second-order valence-electron chi connectivity index (χ2n) is 1.33. The Morgan fingerprint density at radius 1 is 1.83 bits per heavy atom. The van der Waals surface area contributed by atoms with E-state index in [1.807, 2.05) is 6.08 Å². The monoisotopic (exact) mass is 85.1 g/mol. The van der Waals surface area contributed by atoms with Crippen LogP contribution in [-0.2, 0) is 4.74 Å². The van der Waals surface area contributed by atoms with Crippen molar-refractivity contribution < 1.29 is 4.74 Å². The van der Waals surface area contributed by atoms with Crippen LogP contribution in [0.4, 0.5) is 0 Å². The summed E-state index contributed by atoms with van der Waals surface area (Å²) in [4.78, 5) is 0. The van der Waals surface area contributed by atoms with E-state index in [-0.39, 0.29) is 6.04 Å². The molecule has 1 rings (SSSR count). The lowest BCUT2D eigenvalue weighted by atomic mass is 10.4. The van der Waals surface area contributed by atoms with Crippen molar-refractivity contribution in [2.45, 2.75) is 6.04 Å². The highest BCUT2D eigenvalue weighted by atomic mass is 16.5. The SMILES string of the molecule is N[C@H]1C=COC1. The third kappa shape index (κ3) is 0.518. The lowest BCUT2D eigenvalue weighted by molar-refractivity contribution is 0.270. The first-order valence-corrected chi connectivity index (χ1v) is 1.93. The van der Waals surface area contributed by atoms with Crippen molar-refractivity contribution in [1.29, 1.82) is 0 Å². The van der Waals surface area contributed by atoms with Gasteiger partial charge in [-0.3, -0.25) is 0 Å². The van der Waals surface area contributed by atoms with E-state index in [4.69, 9.17) is 10.5 Å². The molecule has 0 saturated heterocycles. The van der Waals surface area contributed by atoms with Gasteiger partial charge in [0.1, 0.15) is 6.61 Å². The third-order valence-electron chi connectivity index (χ3n) is 0.711. The van der Waals surface area contributed by atoms with E-state index >= 15 is 0 Å². The maximum atomic E-state index is 5.32. The summed E-state index contributed by atoms with van der Waals surface area (Å²) in [6, 6.07) is 0.144. The lowest BCUT2D eigenvalue weighted by Crippen LogP contribution is -2.17. The first-order chi connectivity index (χ1) is 2.89. The van der Waals surface area contributed by atoms with Gasteiger partial charge < -0.3 is 10.5 Å². The maximum Gasteiger partial charge on any atom is 0.106 e. The number of nitrogens with two attached hydrogens (primary N) is 1. The molecule has 2 heteroatoms. The van der Waals surface area contributed by atoms with Gasteiger partial charge in [0.2, 0.25) is 0 Å². The fourth-order valence-corrected chi connectivity index (χ4v) is 0.379. The summed E-state index contributed by atoms with van der Waals surface area (Å²) >= 11 is 0. The van der Waals surface area contributed by atoms with Gasteiger partial charge in [-0.05, 0) is 6.08 Å². The average molecular weight is 85.1 g/mol. The van der Waals surface area contributed by atoms with Crippen LogP contribution < -0.4 is 5.73 Å². The summed E-state index contributed by atoms with van der Waals surface area (Å²) in [5, 5.41) is 0. The van der Waals surface area contributed by atoms with Crippen LogP contribution in [0.25, 0.3) is 0 Å². The molecule has 1 aliphatic rings. The summed E-state index contributed by atoms with van der Waals surface area (Å²) in [5.41, 5.74) is 5.32. The molecule has 0 amide bonds. The predicted molar refractivity (Wildman–Crippen MR) is 23.1 cm³/mol. The molecule has 1 heterocycles. The van der Waals surface area contributed by atoms with Gasteiger partial charge in [0, 0.05) is 0 Å². The zero-order valence-electron chi connectivity index (χ0n) is 3.42. The van der Waals surface area contributed by atoms with Crippen molar-refractivity contribution in [2.24, 2.45) is 5.73 Å². The molecule has 2 N–H and O–H groups in total. The topological polar surface area (TPSA) is 35.2 Å². The highest BCUT2D eigenvalue weighted by Gasteiger charge is 2.00. The van der Waals surface area contributed by atoms with Crippen LogP contribution in [0.5, 0.6) is 0 Å². The fourth-order valence-electron chi connectivity index (χ4n) is 0.379. The van der Waals surface area contributed by atoms with Crippen molar-refractivity contribution in [3.05, 3.63) is 12.3 Å². The second-order valence-corrected chi connectivity index (χ2v) is 1.33. The second kappa shape index (κ2) is 1.30. The Kier molecular flexibility index (Phi) is 0.801. The molecule has 0 fully saturated rings. The quantitative estimate of drug-likeness (QED) is 0.444. The van der Waals surface area contributed by atoms with Gasteiger partial charge >= 0.3 is 0 Å². The average Bonchev–Trinajstić information content (AvgIpc) is 1.86. The molecule has 2 nitrogen and oxygen atoms in total. The molecule has 0 aromatic rings. The highest BCUT2D eigenvalue weighted by Crippen LogP contribution is 1.93. The molecule has 0 radical (unpaired) electrons. The zero-order valence-corrected chi connectivity index (χ0v) is 3.42. The molecule has 0 bridgehead atoms. The Labute approximate surface area is 36.6 Å². The van der Waals surface area contributed by atoms with Crippen molar-refractivity contribution in [3.63, 3.8) is 0 Å². The van der Waals surface area contributed by atoms with E-state index < -0.39 is 0 Å². The van der Waals surface area contributed by atoms with E-state index in [0.29, 0.717) is 6.61 Å². The van der Waals surface area contributed by atoms with Crippen LogP contribution in [0.15, 0.2) is 12.3 Å². The Balaban J connectivity index is 2.38. The first-order valence-electron chi connectivity index (χ1n) is 1.93. The fraction of sp³-hybridized carbons (Fsp3) is 0.500. The standard InChI is InChI=1S/C4H7NO/c5-4-1-2-6-3-4/h1-2,4H,3,5H2/t4-/m0/s1. The van der Waals surface area contributed by atoms with Crippen molar-refractivity contribution in [2.75, 3.05) is 6.61 Å². The van der Waals surface area contributed by atoms with Crippen molar-refractivity contribution >= 4 is 0 Å². The molecule has 0 aromatic carbocycles. The van der Waals surface area contributed by atoms with E-state index in [9.17, 15) is 0 Å². The smallest absolute Gasteiger partial charge is 0.106 e. The Morgan fingerprint density at radius 3 is 2.83 bits per heavy atom. The Morgan fingerprint density at radius 2 is 2.67 bits per heavy atom. The van der Waals surface area contributed by atoms with Crippen LogP contribution >= 0.6 is 0 Å². The van der Waals surface area contributed by atoms with Crippen molar-refractivity contribution in [1.82, 2.24) is 0 Å². The van der Waals surface area contributed by atoms with Crippen LogP contribution in [0.1, 0.15) is 0 Å². The Bertz CT molecular complexity index is 69.9. The van der Waals surface area contributed by atoms with E-state index in [1.165, 1.54) is 0 Å². The number of hydrogen-bond acceptors (Lipinski definition) is 2. The van der Waals surface area contributed by atoms with E-state index in [2.05, 4.69) is 0 Å². The van der Waals surface area contributed by atoms with Crippen LogP contribution in [0, 0.1) is 0 Å². The molecule has 0 saturated carbocycles. The summed E-state index contributed by atoms with van der Waals surface area (Å²) in [7, 11) is 0. The molecule has 1 atom stereocenters. The molecule has 0 aliphatic carbocycles. The Hall–Kier alpha value is -0.500. The third-order valence-corrected chi connectivity index (χ3v) is 0.711. The van der Waals surface area contributed by atoms with Crippen LogP contribution in [-0.4, -0.2) is 12.6 Å². The minimum atomic E-state index is 0.144. The number of rotatable bonds is 0. The summed E-state index contributed by atoms with van der Waals surface area (Å²) in [5.74, 6) is 0. The summed E-state index contributed by atoms with van der Waals surface area (Å²) in [6.45, 7) is 0.653. The largest absolute Gasteiger partial charge is 0.500 e.